The normalized spacial score (nSPS) is 12.8. The fourth-order valence-electron chi connectivity index (χ4n) is 2.36. The minimum absolute atomic E-state index is 0.212. The van der Waals surface area contributed by atoms with E-state index in [1.165, 1.54) is 0 Å². The van der Waals surface area contributed by atoms with Crippen molar-refractivity contribution in [1.82, 2.24) is 19.5 Å². The number of nitrogens with zero attached hydrogens (tertiary/aromatic N) is 4. The number of hydrogen-bond donors (Lipinski definition) is 0. The van der Waals surface area contributed by atoms with Crippen LogP contribution in [0.5, 0.6) is 0 Å². The third-order valence-electron chi connectivity index (χ3n) is 3.27. The Morgan fingerprint density at radius 3 is 2.76 bits per heavy atom. The molecule has 0 aliphatic carbocycles. The van der Waals surface area contributed by atoms with Gasteiger partial charge in [0.2, 0.25) is 0 Å². The average molecular weight is 321 g/mol. The Labute approximate surface area is 132 Å². The molecule has 21 heavy (non-hydrogen) atoms. The molecule has 0 N–H and O–H groups in total. The molecule has 0 radical (unpaired) electrons. The molecule has 0 saturated heterocycles. The molecule has 0 saturated carbocycles. The van der Waals surface area contributed by atoms with Crippen LogP contribution in [0.15, 0.2) is 30.5 Å². The van der Waals surface area contributed by atoms with Gasteiger partial charge in [-0.05, 0) is 32.0 Å². The molecule has 4 nitrogen and oxygen atoms in total. The summed E-state index contributed by atoms with van der Waals surface area (Å²) in [6.45, 7) is 4.36. The highest BCUT2D eigenvalue weighted by Gasteiger charge is 2.17. The van der Waals surface area contributed by atoms with Gasteiger partial charge in [-0.25, -0.2) is 15.0 Å². The van der Waals surface area contributed by atoms with Crippen molar-refractivity contribution >= 4 is 34.2 Å². The van der Waals surface area contributed by atoms with Crippen LogP contribution in [-0.4, -0.2) is 19.5 Å². The fourth-order valence-corrected chi connectivity index (χ4v) is 2.73. The first kappa shape index (κ1) is 14.3. The molecule has 0 spiro atoms. The molecule has 0 amide bonds. The quantitative estimate of drug-likeness (QED) is 0.681. The van der Waals surface area contributed by atoms with Crippen molar-refractivity contribution in [2.24, 2.45) is 0 Å². The van der Waals surface area contributed by atoms with Crippen LogP contribution in [0.4, 0.5) is 0 Å². The van der Waals surface area contributed by atoms with E-state index >= 15 is 0 Å². The van der Waals surface area contributed by atoms with Gasteiger partial charge in [0.25, 0.3) is 0 Å². The number of alkyl halides is 1. The number of para-hydroxylation sites is 1. The van der Waals surface area contributed by atoms with Gasteiger partial charge in [-0.15, -0.1) is 11.6 Å². The largest absolute Gasteiger partial charge is 0.321 e. The minimum atomic E-state index is -0.212. The summed E-state index contributed by atoms with van der Waals surface area (Å²) in [7, 11) is 0. The first-order chi connectivity index (χ1) is 10.1. The lowest BCUT2D eigenvalue weighted by molar-refractivity contribution is 0.721. The van der Waals surface area contributed by atoms with Crippen LogP contribution in [0.1, 0.15) is 29.6 Å². The molecule has 1 atom stereocenters. The molecule has 3 rings (SSSR count). The SMILES string of the molecule is Cc1nccc(Cn2c(C(C)Cl)nc3c(Cl)cccc32)n1. The third-order valence-corrected chi connectivity index (χ3v) is 3.77. The summed E-state index contributed by atoms with van der Waals surface area (Å²) in [5.74, 6) is 1.53. The molecular weight excluding hydrogens is 307 g/mol. The summed E-state index contributed by atoms with van der Waals surface area (Å²) in [6, 6.07) is 7.63. The van der Waals surface area contributed by atoms with Gasteiger partial charge in [0, 0.05) is 6.20 Å². The average Bonchev–Trinajstić information content (AvgIpc) is 2.80. The minimum Gasteiger partial charge on any atom is -0.321 e. The number of aromatic nitrogens is 4. The molecule has 6 heteroatoms. The summed E-state index contributed by atoms with van der Waals surface area (Å²) in [6.07, 6.45) is 1.76. The van der Waals surface area contributed by atoms with E-state index < -0.39 is 0 Å². The van der Waals surface area contributed by atoms with Crippen LogP contribution < -0.4 is 0 Å². The molecule has 1 aromatic carbocycles. The summed E-state index contributed by atoms with van der Waals surface area (Å²) in [5, 5.41) is 0.417. The zero-order chi connectivity index (χ0) is 15.0. The predicted molar refractivity (Wildman–Crippen MR) is 84.9 cm³/mol. The molecule has 108 valence electrons. The summed E-state index contributed by atoms with van der Waals surface area (Å²) in [4.78, 5) is 13.1. The van der Waals surface area contributed by atoms with E-state index in [2.05, 4.69) is 19.5 Å². The molecule has 0 aliphatic rings. The monoisotopic (exact) mass is 320 g/mol. The number of benzene rings is 1. The second kappa shape index (κ2) is 5.62. The van der Waals surface area contributed by atoms with Gasteiger partial charge in [-0.1, -0.05) is 17.7 Å². The maximum Gasteiger partial charge on any atom is 0.128 e. The standard InChI is InChI=1S/C15H14Cl2N4/c1-9(16)15-20-14-12(17)4-3-5-13(14)21(15)8-11-6-7-18-10(2)19-11/h3-7,9H,8H2,1-2H3. The Morgan fingerprint density at radius 1 is 1.24 bits per heavy atom. The predicted octanol–water partition coefficient (Wildman–Crippen LogP) is 4.14. The van der Waals surface area contributed by atoms with Gasteiger partial charge in [0.1, 0.15) is 17.2 Å². The van der Waals surface area contributed by atoms with Gasteiger partial charge in [0.05, 0.1) is 28.2 Å². The highest BCUT2D eigenvalue weighted by atomic mass is 35.5. The molecule has 2 aromatic heterocycles. The van der Waals surface area contributed by atoms with Gasteiger partial charge >= 0.3 is 0 Å². The van der Waals surface area contributed by atoms with Gasteiger partial charge in [-0.2, -0.15) is 0 Å². The van der Waals surface area contributed by atoms with Crippen LogP contribution in [0, 0.1) is 6.92 Å². The summed E-state index contributed by atoms with van der Waals surface area (Å²) < 4.78 is 2.06. The number of halogens is 2. The number of hydrogen-bond acceptors (Lipinski definition) is 3. The maximum atomic E-state index is 6.27. The molecule has 0 bridgehead atoms. The topological polar surface area (TPSA) is 43.6 Å². The Hall–Kier alpha value is -1.65. The summed E-state index contributed by atoms with van der Waals surface area (Å²) >= 11 is 12.5. The lowest BCUT2D eigenvalue weighted by Gasteiger charge is -2.10. The highest BCUT2D eigenvalue weighted by molar-refractivity contribution is 6.35. The van der Waals surface area contributed by atoms with Crippen molar-refractivity contribution in [3.63, 3.8) is 0 Å². The van der Waals surface area contributed by atoms with E-state index in [1.807, 2.05) is 38.1 Å². The van der Waals surface area contributed by atoms with Crippen molar-refractivity contribution in [3.8, 4) is 0 Å². The zero-order valence-electron chi connectivity index (χ0n) is 11.7. The smallest absolute Gasteiger partial charge is 0.128 e. The molecular formula is C15H14Cl2N4. The van der Waals surface area contributed by atoms with Crippen LogP contribution in [-0.2, 0) is 6.54 Å². The molecule has 2 heterocycles. The molecule has 0 aliphatic heterocycles. The fraction of sp³-hybridized carbons (Fsp3) is 0.267. The Morgan fingerprint density at radius 2 is 2.05 bits per heavy atom. The van der Waals surface area contributed by atoms with Gasteiger partial charge < -0.3 is 4.57 Å². The number of aryl methyl sites for hydroxylation is 1. The van der Waals surface area contributed by atoms with Gasteiger partial charge in [-0.3, -0.25) is 0 Å². The van der Waals surface area contributed by atoms with E-state index in [1.54, 1.807) is 6.20 Å². The van der Waals surface area contributed by atoms with E-state index in [-0.39, 0.29) is 5.38 Å². The van der Waals surface area contributed by atoms with Crippen molar-refractivity contribution in [3.05, 3.63) is 52.8 Å². The van der Waals surface area contributed by atoms with Crippen LogP contribution in [0.25, 0.3) is 11.0 Å². The number of imidazole rings is 1. The first-order valence-electron chi connectivity index (χ1n) is 6.63. The van der Waals surface area contributed by atoms with E-state index in [0.29, 0.717) is 11.6 Å². The van der Waals surface area contributed by atoms with Crippen LogP contribution >= 0.6 is 23.2 Å². The first-order valence-corrected chi connectivity index (χ1v) is 7.45. The van der Waals surface area contributed by atoms with E-state index in [0.717, 1.165) is 28.4 Å². The summed E-state index contributed by atoms with van der Waals surface area (Å²) in [5.41, 5.74) is 2.65. The van der Waals surface area contributed by atoms with Crippen LogP contribution in [0.3, 0.4) is 0 Å². The van der Waals surface area contributed by atoms with Crippen molar-refractivity contribution < 1.29 is 0 Å². The van der Waals surface area contributed by atoms with E-state index in [4.69, 9.17) is 23.2 Å². The third kappa shape index (κ3) is 2.74. The Bertz CT molecular complexity index is 795. The molecule has 3 aromatic rings. The van der Waals surface area contributed by atoms with Crippen molar-refractivity contribution in [2.45, 2.75) is 25.8 Å². The number of fused-ring (bicyclic) bond motifs is 1. The second-order valence-corrected chi connectivity index (χ2v) is 5.94. The van der Waals surface area contributed by atoms with Crippen molar-refractivity contribution in [2.75, 3.05) is 0 Å². The molecule has 0 fully saturated rings. The van der Waals surface area contributed by atoms with Crippen molar-refractivity contribution in [1.29, 1.82) is 0 Å². The van der Waals surface area contributed by atoms with Crippen LogP contribution in [0.2, 0.25) is 5.02 Å². The maximum absolute atomic E-state index is 6.27. The number of rotatable bonds is 3. The Kier molecular flexibility index (Phi) is 3.83. The van der Waals surface area contributed by atoms with E-state index in [9.17, 15) is 0 Å². The van der Waals surface area contributed by atoms with Gasteiger partial charge in [0.15, 0.2) is 0 Å². The lowest BCUT2D eigenvalue weighted by Crippen LogP contribution is -2.08. The zero-order valence-corrected chi connectivity index (χ0v) is 13.2. The Balaban J connectivity index is 2.16. The highest BCUT2D eigenvalue weighted by Crippen LogP contribution is 2.29. The second-order valence-electron chi connectivity index (χ2n) is 4.87. The lowest BCUT2D eigenvalue weighted by atomic mass is 10.3. The molecule has 1 unspecified atom stereocenters.